The van der Waals surface area contributed by atoms with E-state index in [-0.39, 0.29) is 33.2 Å². The highest BCUT2D eigenvalue weighted by molar-refractivity contribution is 7.92. The highest BCUT2D eigenvalue weighted by Gasteiger charge is 2.29. The molecule has 10 nitrogen and oxygen atoms in total. The van der Waals surface area contributed by atoms with Crippen LogP contribution in [-0.2, 0) is 26.6 Å². The molecule has 0 bridgehead atoms. The number of sulfonamides is 1. The predicted molar refractivity (Wildman–Crippen MR) is 153 cm³/mol. The molecule has 1 saturated heterocycles. The third-order valence-corrected chi connectivity index (χ3v) is 9.19. The average Bonchev–Trinajstić information content (AvgIpc) is 3.14. The van der Waals surface area contributed by atoms with Crippen LogP contribution < -0.4 is 10.3 Å². The lowest BCUT2D eigenvalue weighted by Crippen LogP contribution is -2.45. The Labute approximate surface area is 242 Å². The number of rotatable bonds is 8. The number of hydrogen-bond donors (Lipinski definition) is 1. The summed E-state index contributed by atoms with van der Waals surface area (Å²) in [6.07, 6.45) is 3.61. The number of ether oxygens (including phenoxy) is 1. The summed E-state index contributed by atoms with van der Waals surface area (Å²) in [7, 11) is -2.83. The number of halogens is 2. The van der Waals surface area contributed by atoms with E-state index in [2.05, 4.69) is 4.72 Å². The summed E-state index contributed by atoms with van der Waals surface area (Å²) in [6.45, 7) is 3.68. The molecular formula is C27H30Cl2N4O6S. The zero-order valence-corrected chi connectivity index (χ0v) is 24.6. The van der Waals surface area contributed by atoms with Gasteiger partial charge in [-0.05, 0) is 56.9 Å². The fraction of sp³-hybridized carbons (Fsp3) is 0.370. The largest absolute Gasteiger partial charge is 0.452 e. The first-order chi connectivity index (χ1) is 19.0. The van der Waals surface area contributed by atoms with Crippen LogP contribution in [0, 0.1) is 6.92 Å². The van der Waals surface area contributed by atoms with E-state index in [0.29, 0.717) is 17.9 Å². The maximum atomic E-state index is 13.4. The average molecular weight is 610 g/mol. The molecule has 2 heterocycles. The van der Waals surface area contributed by atoms with Gasteiger partial charge in [-0.25, -0.2) is 17.9 Å². The predicted octanol–water partition coefficient (Wildman–Crippen LogP) is 4.54. The van der Waals surface area contributed by atoms with Crippen molar-refractivity contribution in [1.82, 2.24) is 14.3 Å². The van der Waals surface area contributed by atoms with Gasteiger partial charge < -0.3 is 9.64 Å². The van der Waals surface area contributed by atoms with E-state index in [1.807, 2.05) is 6.92 Å². The fourth-order valence-corrected chi connectivity index (χ4v) is 6.78. The maximum absolute atomic E-state index is 13.4. The molecule has 0 spiro atoms. The van der Waals surface area contributed by atoms with Crippen molar-refractivity contribution in [1.29, 1.82) is 0 Å². The molecule has 13 heteroatoms. The van der Waals surface area contributed by atoms with Gasteiger partial charge in [-0.2, -0.15) is 0 Å². The second-order valence-electron chi connectivity index (χ2n) is 9.53. The molecule has 1 unspecified atom stereocenters. The van der Waals surface area contributed by atoms with Crippen LogP contribution in [0.4, 0.5) is 5.69 Å². The molecule has 1 aliphatic rings. The van der Waals surface area contributed by atoms with E-state index in [1.165, 1.54) is 9.36 Å². The van der Waals surface area contributed by atoms with E-state index >= 15 is 0 Å². The summed E-state index contributed by atoms with van der Waals surface area (Å²) < 4.78 is 37.2. The van der Waals surface area contributed by atoms with Crippen molar-refractivity contribution in [3.8, 4) is 5.69 Å². The number of para-hydroxylation sites is 1. The van der Waals surface area contributed by atoms with Gasteiger partial charge in [-0.15, -0.1) is 0 Å². The van der Waals surface area contributed by atoms with Crippen molar-refractivity contribution in [2.45, 2.75) is 50.5 Å². The van der Waals surface area contributed by atoms with Crippen LogP contribution in [0.3, 0.4) is 0 Å². The summed E-state index contributed by atoms with van der Waals surface area (Å²) in [5.41, 5.74) is -0.164. The summed E-state index contributed by atoms with van der Waals surface area (Å²) in [5, 5.41) is -0.408. The van der Waals surface area contributed by atoms with Gasteiger partial charge >= 0.3 is 5.97 Å². The van der Waals surface area contributed by atoms with Crippen molar-refractivity contribution < 1.29 is 22.7 Å². The molecule has 2 aromatic carbocycles. The second-order valence-corrected chi connectivity index (χ2v) is 12.0. The first-order valence-electron chi connectivity index (χ1n) is 12.8. The molecule has 1 amide bonds. The van der Waals surface area contributed by atoms with Gasteiger partial charge in [0.15, 0.2) is 6.61 Å². The summed E-state index contributed by atoms with van der Waals surface area (Å²) >= 11 is 12.4. The van der Waals surface area contributed by atoms with Crippen LogP contribution >= 0.6 is 23.2 Å². The minimum absolute atomic E-state index is 0.0924. The Morgan fingerprint density at radius 1 is 1.10 bits per heavy atom. The number of benzene rings is 2. The lowest BCUT2D eigenvalue weighted by atomic mass is 10.00. The number of carbonyl (C=O) groups is 2. The van der Waals surface area contributed by atoms with Gasteiger partial charge in [0.1, 0.15) is 10.6 Å². The van der Waals surface area contributed by atoms with Gasteiger partial charge in [0.2, 0.25) is 0 Å². The van der Waals surface area contributed by atoms with Crippen molar-refractivity contribution in [3.63, 3.8) is 0 Å². The van der Waals surface area contributed by atoms with Crippen molar-refractivity contribution in [3.05, 3.63) is 74.1 Å². The number of anilines is 1. The third-order valence-electron chi connectivity index (χ3n) is 7.07. The molecule has 0 radical (unpaired) electrons. The summed E-state index contributed by atoms with van der Waals surface area (Å²) in [5.74, 6) is -1.30. The highest BCUT2D eigenvalue weighted by Crippen LogP contribution is 2.31. The topological polar surface area (TPSA) is 120 Å². The minimum Gasteiger partial charge on any atom is -0.452 e. The molecule has 214 valence electrons. The zero-order valence-electron chi connectivity index (χ0n) is 22.3. The first-order valence-corrected chi connectivity index (χ1v) is 15.0. The van der Waals surface area contributed by atoms with Gasteiger partial charge in [0, 0.05) is 19.6 Å². The molecule has 0 aliphatic carbocycles. The van der Waals surface area contributed by atoms with Gasteiger partial charge in [0.25, 0.3) is 21.5 Å². The number of likely N-dealkylation sites (tertiary alicyclic amines) is 1. The number of esters is 1. The molecule has 1 atom stereocenters. The smallest absolute Gasteiger partial charge is 0.340 e. The molecule has 1 aromatic heterocycles. The monoisotopic (exact) mass is 608 g/mol. The molecule has 1 N–H and O–H groups in total. The SMILES string of the molecule is CCC1CCCCN1C(=O)COC(=O)c1cc(S(=O)(=O)Nc2c(C)n(C)n(-c3ccccc3)c2=O)c(Cl)cc1Cl. The number of nitrogens with one attached hydrogen (secondary N) is 1. The maximum Gasteiger partial charge on any atom is 0.340 e. The standard InChI is InChI=1S/C27H30Cl2N4O6S/c1-4-18-10-8-9-13-32(18)24(34)16-39-27(36)20-14-23(22(29)15-21(20)28)40(37,38)30-25-17(2)31(3)33(26(25)35)19-11-6-5-7-12-19/h5-7,11-12,14-15,18,30H,4,8-10,13,16H2,1-3H3. The van der Waals surface area contributed by atoms with Crippen LogP contribution in [0.2, 0.25) is 10.0 Å². The molecule has 3 aromatic rings. The Hall–Kier alpha value is -3.28. The molecule has 4 rings (SSSR count). The molecular weight excluding hydrogens is 579 g/mol. The number of aromatic nitrogens is 2. The Balaban J connectivity index is 1.59. The molecule has 0 saturated carbocycles. The van der Waals surface area contributed by atoms with Crippen molar-refractivity contribution in [2.24, 2.45) is 7.05 Å². The van der Waals surface area contributed by atoms with E-state index in [9.17, 15) is 22.8 Å². The van der Waals surface area contributed by atoms with E-state index < -0.39 is 33.1 Å². The second kappa shape index (κ2) is 12.1. The third kappa shape index (κ3) is 5.91. The van der Waals surface area contributed by atoms with Gasteiger partial charge in [-0.1, -0.05) is 48.3 Å². The summed E-state index contributed by atoms with van der Waals surface area (Å²) in [4.78, 5) is 40.0. The van der Waals surface area contributed by atoms with Crippen LogP contribution in [0.1, 0.15) is 48.7 Å². The van der Waals surface area contributed by atoms with E-state index in [0.717, 1.165) is 37.8 Å². The number of hydrogen-bond acceptors (Lipinski definition) is 6. The van der Waals surface area contributed by atoms with Gasteiger partial charge in [0.05, 0.1) is 27.0 Å². The van der Waals surface area contributed by atoms with Crippen LogP contribution in [0.5, 0.6) is 0 Å². The zero-order chi connectivity index (χ0) is 29.2. The Bertz CT molecular complexity index is 1600. The lowest BCUT2D eigenvalue weighted by Gasteiger charge is -2.35. The highest BCUT2D eigenvalue weighted by atomic mass is 35.5. The Morgan fingerprint density at radius 3 is 2.48 bits per heavy atom. The van der Waals surface area contributed by atoms with E-state index in [4.69, 9.17) is 27.9 Å². The van der Waals surface area contributed by atoms with Crippen LogP contribution in [-0.4, -0.2) is 53.8 Å². The molecule has 1 aliphatic heterocycles. The quantitative estimate of drug-likeness (QED) is 0.375. The van der Waals surface area contributed by atoms with Crippen LogP contribution in [0.25, 0.3) is 5.69 Å². The molecule has 40 heavy (non-hydrogen) atoms. The fourth-order valence-electron chi connectivity index (χ4n) is 4.81. The van der Waals surface area contributed by atoms with Crippen molar-refractivity contribution in [2.75, 3.05) is 17.9 Å². The van der Waals surface area contributed by atoms with E-state index in [1.54, 1.807) is 49.2 Å². The lowest BCUT2D eigenvalue weighted by molar-refractivity contribution is -0.138. The number of nitrogens with zero attached hydrogens (tertiary/aromatic N) is 3. The molecule has 1 fully saturated rings. The number of carbonyl (C=O) groups excluding carboxylic acids is 2. The Morgan fingerprint density at radius 2 is 1.80 bits per heavy atom. The normalized spacial score (nSPS) is 15.6. The first kappa shape index (κ1) is 29.7. The number of amides is 1. The van der Waals surface area contributed by atoms with Gasteiger partial charge in [-0.3, -0.25) is 19.0 Å². The van der Waals surface area contributed by atoms with Crippen molar-refractivity contribution >= 4 is 50.8 Å². The number of piperidine rings is 1. The minimum atomic E-state index is -4.46. The van der Waals surface area contributed by atoms with Crippen LogP contribution in [0.15, 0.2) is 52.2 Å². The summed E-state index contributed by atoms with van der Waals surface area (Å²) in [6, 6.07) is 10.9. The Kier molecular flexibility index (Phi) is 8.96.